The van der Waals surface area contributed by atoms with E-state index in [1.165, 1.54) is 23.6 Å². The summed E-state index contributed by atoms with van der Waals surface area (Å²) in [6.45, 7) is 14.9. The van der Waals surface area contributed by atoms with Gasteiger partial charge in [-0.1, -0.05) is 0 Å². The van der Waals surface area contributed by atoms with E-state index in [9.17, 15) is 23.2 Å². The fourth-order valence-corrected chi connectivity index (χ4v) is 7.64. The largest absolute Gasteiger partial charge is 0.444 e. The Kier molecular flexibility index (Phi) is 13.4. The Morgan fingerprint density at radius 2 is 1.59 bits per heavy atom. The zero-order valence-electron chi connectivity index (χ0n) is 35.0. The standard InChI is InChI=1S/C42H60F2N8O6/c1-41(2,3)57-39(54)50-20-16-27(17-21-50)15-19-49(7)23-28-10-12-31(13-11-28)52-25-32(35(48-52)36(43)44)46-37(53)33-26-56-38(47-33)30-14-18-45-34(22-30)51(24-29-8-9-29)40(55)58-42(4,5)6/h14,18,22,25-29,31,36H,8-13,15-17,19-21,23-24H2,1-7H3,(H,46,53). The second kappa shape index (κ2) is 18.1. The molecule has 0 spiro atoms. The van der Waals surface area contributed by atoms with E-state index in [4.69, 9.17) is 13.9 Å². The highest BCUT2D eigenvalue weighted by molar-refractivity contribution is 6.03. The van der Waals surface area contributed by atoms with Gasteiger partial charge in [0.1, 0.15) is 23.3 Å². The Balaban J connectivity index is 0.994. The predicted molar refractivity (Wildman–Crippen MR) is 215 cm³/mol. The van der Waals surface area contributed by atoms with Gasteiger partial charge in [-0.3, -0.25) is 14.4 Å². The number of hydrogen-bond donors (Lipinski definition) is 1. The number of anilines is 2. The Labute approximate surface area is 340 Å². The molecule has 0 atom stereocenters. The highest BCUT2D eigenvalue weighted by Crippen LogP contribution is 2.36. The van der Waals surface area contributed by atoms with Crippen LogP contribution in [0, 0.1) is 17.8 Å². The summed E-state index contributed by atoms with van der Waals surface area (Å²) in [4.78, 5) is 53.2. The number of nitrogens with one attached hydrogen (secondary N) is 1. The van der Waals surface area contributed by atoms with Crippen LogP contribution in [0.1, 0.15) is 128 Å². The van der Waals surface area contributed by atoms with Crippen molar-refractivity contribution in [3.63, 3.8) is 0 Å². The van der Waals surface area contributed by atoms with Gasteiger partial charge in [0.2, 0.25) is 5.89 Å². The first-order valence-corrected chi connectivity index (χ1v) is 20.7. The number of amides is 3. The van der Waals surface area contributed by atoms with Crippen LogP contribution in [-0.2, 0) is 9.47 Å². The van der Waals surface area contributed by atoms with Crippen molar-refractivity contribution in [1.82, 2.24) is 29.5 Å². The molecule has 3 amide bonds. The third-order valence-electron chi connectivity index (χ3n) is 10.9. The number of alkyl halides is 2. The summed E-state index contributed by atoms with van der Waals surface area (Å²) in [6.07, 6.45) is 9.13. The van der Waals surface area contributed by atoms with Crippen molar-refractivity contribution in [1.29, 1.82) is 0 Å². The number of oxazole rings is 1. The van der Waals surface area contributed by atoms with Crippen LogP contribution in [-0.4, -0.2) is 98.6 Å². The maximum Gasteiger partial charge on any atom is 0.416 e. The highest BCUT2D eigenvalue weighted by Gasteiger charge is 2.33. The van der Waals surface area contributed by atoms with Crippen LogP contribution < -0.4 is 10.2 Å². The van der Waals surface area contributed by atoms with Gasteiger partial charge in [0.05, 0.1) is 11.7 Å². The van der Waals surface area contributed by atoms with Crippen LogP contribution >= 0.6 is 0 Å². The molecule has 1 saturated heterocycles. The molecular formula is C42H60F2N8O6. The van der Waals surface area contributed by atoms with E-state index < -0.39 is 35.3 Å². The van der Waals surface area contributed by atoms with Crippen molar-refractivity contribution < 1.29 is 37.1 Å². The molecule has 3 fully saturated rings. The van der Waals surface area contributed by atoms with E-state index in [0.717, 1.165) is 84.0 Å². The third kappa shape index (κ3) is 12.0. The average Bonchev–Trinajstić information content (AvgIpc) is 3.66. The summed E-state index contributed by atoms with van der Waals surface area (Å²) >= 11 is 0. The number of nitrogens with zero attached hydrogens (tertiary/aromatic N) is 7. The van der Waals surface area contributed by atoms with Crippen LogP contribution in [0.3, 0.4) is 0 Å². The lowest BCUT2D eigenvalue weighted by molar-refractivity contribution is 0.0177. The summed E-state index contributed by atoms with van der Waals surface area (Å²) in [6, 6.07) is 3.24. The first-order valence-electron chi connectivity index (χ1n) is 20.7. The maximum absolute atomic E-state index is 14.2. The molecule has 3 aliphatic rings. The molecule has 14 nitrogen and oxygen atoms in total. The molecule has 58 heavy (non-hydrogen) atoms. The van der Waals surface area contributed by atoms with Crippen molar-refractivity contribution in [2.75, 3.05) is 50.0 Å². The van der Waals surface area contributed by atoms with Crippen molar-refractivity contribution >= 4 is 29.6 Å². The number of carbonyl (C=O) groups excluding carboxylic acids is 3. The first kappa shape index (κ1) is 43.0. The average molecular weight is 811 g/mol. The van der Waals surface area contributed by atoms with Crippen molar-refractivity contribution in [2.24, 2.45) is 17.8 Å². The van der Waals surface area contributed by atoms with Crippen LogP contribution in [0.25, 0.3) is 11.5 Å². The van der Waals surface area contributed by atoms with Crippen molar-refractivity contribution in [2.45, 2.75) is 123 Å². The molecule has 318 valence electrons. The lowest BCUT2D eigenvalue weighted by atomic mass is 9.85. The van der Waals surface area contributed by atoms with E-state index >= 15 is 0 Å². The normalized spacial score (nSPS) is 19.4. The molecule has 2 saturated carbocycles. The molecule has 1 N–H and O–H groups in total. The summed E-state index contributed by atoms with van der Waals surface area (Å²) in [7, 11) is 2.15. The van der Waals surface area contributed by atoms with Gasteiger partial charge in [-0.2, -0.15) is 5.10 Å². The number of likely N-dealkylation sites (tertiary alicyclic amines) is 1. The van der Waals surface area contributed by atoms with Gasteiger partial charge in [0.15, 0.2) is 11.4 Å². The minimum Gasteiger partial charge on any atom is -0.444 e. The lowest BCUT2D eigenvalue weighted by Crippen LogP contribution is -2.42. The molecule has 0 bridgehead atoms. The molecule has 3 aromatic heterocycles. The van der Waals surface area contributed by atoms with E-state index in [1.54, 1.807) is 37.6 Å². The summed E-state index contributed by atoms with van der Waals surface area (Å²) in [5.41, 5.74) is -1.36. The van der Waals surface area contributed by atoms with Gasteiger partial charge in [-0.15, -0.1) is 0 Å². The zero-order valence-corrected chi connectivity index (χ0v) is 35.0. The van der Waals surface area contributed by atoms with E-state index in [-0.39, 0.29) is 29.4 Å². The number of aromatic nitrogens is 4. The molecule has 2 aliphatic carbocycles. The molecular weight excluding hydrogens is 751 g/mol. The quantitative estimate of drug-likeness (QED) is 0.177. The van der Waals surface area contributed by atoms with Crippen LogP contribution in [0.2, 0.25) is 0 Å². The second-order valence-corrected chi connectivity index (χ2v) is 18.3. The first-order chi connectivity index (χ1) is 27.4. The van der Waals surface area contributed by atoms with E-state index in [1.807, 2.05) is 25.7 Å². The van der Waals surface area contributed by atoms with Crippen LogP contribution in [0.5, 0.6) is 0 Å². The number of rotatable bonds is 13. The number of hydrogen-bond acceptors (Lipinski definition) is 10. The zero-order chi connectivity index (χ0) is 41.8. The Morgan fingerprint density at radius 3 is 2.22 bits per heavy atom. The minimum atomic E-state index is -2.89. The molecule has 0 radical (unpaired) electrons. The predicted octanol–water partition coefficient (Wildman–Crippen LogP) is 8.97. The molecule has 0 aromatic carbocycles. The number of halogens is 2. The Hall–Kier alpha value is -4.60. The van der Waals surface area contributed by atoms with Crippen molar-refractivity contribution in [3.05, 3.63) is 42.2 Å². The van der Waals surface area contributed by atoms with Crippen LogP contribution in [0.4, 0.5) is 29.9 Å². The summed E-state index contributed by atoms with van der Waals surface area (Å²) in [5, 5.41) is 6.82. The molecule has 16 heteroatoms. The molecule has 6 rings (SSSR count). The highest BCUT2D eigenvalue weighted by atomic mass is 19.3. The maximum atomic E-state index is 14.2. The van der Waals surface area contributed by atoms with Gasteiger partial charge in [0.25, 0.3) is 12.3 Å². The monoisotopic (exact) mass is 810 g/mol. The van der Waals surface area contributed by atoms with Crippen molar-refractivity contribution in [3.8, 4) is 11.5 Å². The Bertz CT molecular complexity index is 1870. The molecule has 4 heterocycles. The van der Waals surface area contributed by atoms with E-state index in [0.29, 0.717) is 35.7 Å². The Morgan fingerprint density at radius 1 is 0.931 bits per heavy atom. The summed E-state index contributed by atoms with van der Waals surface area (Å²) < 4.78 is 46.8. The fraction of sp³-hybridized carbons (Fsp3) is 0.667. The van der Waals surface area contributed by atoms with E-state index in [2.05, 4.69) is 32.3 Å². The number of piperidine rings is 1. The topological polar surface area (TPSA) is 148 Å². The van der Waals surface area contributed by atoms with Gasteiger partial charge >= 0.3 is 12.2 Å². The lowest BCUT2D eigenvalue weighted by Gasteiger charge is -2.35. The number of carbonyl (C=O) groups is 3. The van der Waals surface area contributed by atoms with Crippen LogP contribution in [0.15, 0.2) is 35.2 Å². The molecule has 1 aliphatic heterocycles. The van der Waals surface area contributed by atoms with Gasteiger partial charge in [-0.05, 0) is 143 Å². The SMILES string of the molecule is CN(CCC1CCN(C(=O)OC(C)(C)C)CC1)CC1CCC(n2cc(NC(=O)c3coc(-c4ccnc(N(CC5CC5)C(=O)OC(C)(C)C)c4)n3)c(C(F)F)n2)CC1. The third-order valence-corrected chi connectivity index (χ3v) is 10.9. The molecule has 0 unspecified atom stereocenters. The number of pyridine rings is 1. The fourth-order valence-electron chi connectivity index (χ4n) is 7.64. The van der Waals surface area contributed by atoms with Gasteiger partial charge < -0.3 is 29.0 Å². The van der Waals surface area contributed by atoms with Gasteiger partial charge in [-0.25, -0.2) is 28.3 Å². The number of ether oxygens (including phenoxy) is 2. The second-order valence-electron chi connectivity index (χ2n) is 18.3. The van der Waals surface area contributed by atoms with Gasteiger partial charge in [0, 0.05) is 44.1 Å². The molecule has 3 aromatic rings. The summed E-state index contributed by atoms with van der Waals surface area (Å²) in [5.74, 6) is 1.20. The minimum absolute atomic E-state index is 0.0560. The smallest absolute Gasteiger partial charge is 0.416 e.